The van der Waals surface area contributed by atoms with Gasteiger partial charge >= 0.3 is 0 Å². The zero-order valence-corrected chi connectivity index (χ0v) is 10.1. The summed E-state index contributed by atoms with van der Waals surface area (Å²) in [4.78, 5) is 0. The molecule has 0 saturated carbocycles. The highest BCUT2D eigenvalue weighted by Crippen LogP contribution is 2.12. The molecule has 0 amide bonds. The van der Waals surface area contributed by atoms with Crippen LogP contribution >= 0.6 is 0 Å². The topological polar surface area (TPSA) is 66.4 Å². The van der Waals surface area contributed by atoms with Gasteiger partial charge in [-0.3, -0.25) is 0 Å². The number of sulfone groups is 1. The summed E-state index contributed by atoms with van der Waals surface area (Å²) >= 11 is 0. The second-order valence-corrected chi connectivity index (χ2v) is 6.53. The Bertz CT molecular complexity index is 276. The Labute approximate surface area is 92.0 Å². The molecule has 0 aromatic rings. The summed E-state index contributed by atoms with van der Waals surface area (Å²) in [6, 6.07) is 0.0373. The van der Waals surface area contributed by atoms with E-state index in [9.17, 15) is 13.5 Å². The lowest BCUT2D eigenvalue weighted by Gasteiger charge is -2.24. The SMILES string of the molecule is CCCC(O)CNC1CCCS(=O)(=O)C1. The Morgan fingerprint density at radius 3 is 2.87 bits per heavy atom. The van der Waals surface area contributed by atoms with Crippen molar-refractivity contribution in [3.63, 3.8) is 0 Å². The Kier molecular flexibility index (Phi) is 5.02. The molecule has 1 aliphatic rings. The predicted octanol–water partition coefficient (Wildman–Crippen LogP) is 0.314. The second kappa shape index (κ2) is 5.82. The van der Waals surface area contributed by atoms with E-state index in [4.69, 9.17) is 0 Å². The Balaban J connectivity index is 2.27. The fraction of sp³-hybridized carbons (Fsp3) is 1.00. The lowest BCUT2D eigenvalue weighted by Crippen LogP contribution is -2.43. The van der Waals surface area contributed by atoms with Gasteiger partial charge in [0.2, 0.25) is 0 Å². The molecule has 1 saturated heterocycles. The first-order chi connectivity index (χ1) is 7.03. The maximum absolute atomic E-state index is 11.3. The van der Waals surface area contributed by atoms with Gasteiger partial charge in [-0.1, -0.05) is 13.3 Å². The number of aliphatic hydroxyl groups is 1. The summed E-state index contributed by atoms with van der Waals surface area (Å²) in [7, 11) is -2.84. The first kappa shape index (κ1) is 12.9. The van der Waals surface area contributed by atoms with E-state index in [-0.39, 0.29) is 17.9 Å². The molecule has 2 unspecified atom stereocenters. The van der Waals surface area contributed by atoms with E-state index >= 15 is 0 Å². The van der Waals surface area contributed by atoms with Crippen LogP contribution in [0.25, 0.3) is 0 Å². The molecule has 2 N–H and O–H groups in total. The van der Waals surface area contributed by atoms with Gasteiger partial charge in [-0.2, -0.15) is 0 Å². The van der Waals surface area contributed by atoms with Crippen LogP contribution in [0.15, 0.2) is 0 Å². The third-order valence-corrected chi connectivity index (χ3v) is 4.55. The molecule has 0 aliphatic carbocycles. The minimum absolute atomic E-state index is 0.0373. The van der Waals surface area contributed by atoms with Crippen molar-refractivity contribution in [1.29, 1.82) is 0 Å². The van der Waals surface area contributed by atoms with Gasteiger partial charge in [-0.05, 0) is 19.3 Å². The molecule has 1 rings (SSSR count). The molecule has 1 aliphatic heterocycles. The van der Waals surface area contributed by atoms with Crippen LogP contribution in [0, 0.1) is 0 Å². The normalized spacial score (nSPS) is 27.5. The molecule has 5 heteroatoms. The number of aliphatic hydroxyl groups excluding tert-OH is 1. The van der Waals surface area contributed by atoms with Crippen molar-refractivity contribution in [3.8, 4) is 0 Å². The number of rotatable bonds is 5. The summed E-state index contributed by atoms with van der Waals surface area (Å²) in [5.41, 5.74) is 0. The number of hydrogen-bond donors (Lipinski definition) is 2. The van der Waals surface area contributed by atoms with E-state index in [1.807, 2.05) is 6.92 Å². The fourth-order valence-corrected chi connectivity index (χ4v) is 3.59. The van der Waals surface area contributed by atoms with Crippen molar-refractivity contribution >= 4 is 9.84 Å². The van der Waals surface area contributed by atoms with E-state index < -0.39 is 9.84 Å². The molecular weight excluding hydrogens is 214 g/mol. The zero-order valence-electron chi connectivity index (χ0n) is 9.28. The Morgan fingerprint density at radius 2 is 2.27 bits per heavy atom. The van der Waals surface area contributed by atoms with Gasteiger partial charge in [-0.15, -0.1) is 0 Å². The van der Waals surface area contributed by atoms with Crippen molar-refractivity contribution in [1.82, 2.24) is 5.32 Å². The van der Waals surface area contributed by atoms with E-state index in [0.717, 1.165) is 25.7 Å². The molecule has 1 fully saturated rings. The van der Waals surface area contributed by atoms with Crippen LogP contribution in [0.2, 0.25) is 0 Å². The minimum Gasteiger partial charge on any atom is -0.392 e. The smallest absolute Gasteiger partial charge is 0.151 e. The van der Waals surface area contributed by atoms with Crippen LogP contribution in [0.1, 0.15) is 32.6 Å². The molecule has 90 valence electrons. The molecule has 0 aromatic carbocycles. The minimum atomic E-state index is -2.84. The van der Waals surface area contributed by atoms with E-state index in [0.29, 0.717) is 12.3 Å². The fourth-order valence-electron chi connectivity index (χ4n) is 1.92. The van der Waals surface area contributed by atoms with Gasteiger partial charge in [0, 0.05) is 12.6 Å². The molecule has 1 heterocycles. The average molecular weight is 235 g/mol. The monoisotopic (exact) mass is 235 g/mol. The maximum Gasteiger partial charge on any atom is 0.151 e. The third-order valence-electron chi connectivity index (χ3n) is 2.73. The highest BCUT2D eigenvalue weighted by molar-refractivity contribution is 7.91. The second-order valence-electron chi connectivity index (χ2n) is 4.30. The average Bonchev–Trinajstić information content (AvgIpc) is 2.14. The number of nitrogens with one attached hydrogen (secondary N) is 1. The zero-order chi connectivity index (χ0) is 11.3. The van der Waals surface area contributed by atoms with Crippen LogP contribution in [0.4, 0.5) is 0 Å². The van der Waals surface area contributed by atoms with Crippen LogP contribution in [0.5, 0.6) is 0 Å². The van der Waals surface area contributed by atoms with Crippen molar-refractivity contribution < 1.29 is 13.5 Å². The maximum atomic E-state index is 11.3. The third kappa shape index (κ3) is 4.95. The highest BCUT2D eigenvalue weighted by atomic mass is 32.2. The molecule has 15 heavy (non-hydrogen) atoms. The van der Waals surface area contributed by atoms with Crippen molar-refractivity contribution in [2.45, 2.75) is 44.8 Å². The Hall–Kier alpha value is -0.130. The van der Waals surface area contributed by atoms with Gasteiger partial charge in [0.05, 0.1) is 17.6 Å². The molecule has 0 radical (unpaired) electrons. The van der Waals surface area contributed by atoms with Crippen molar-refractivity contribution in [2.75, 3.05) is 18.1 Å². The molecule has 0 spiro atoms. The van der Waals surface area contributed by atoms with Gasteiger partial charge < -0.3 is 10.4 Å². The summed E-state index contributed by atoms with van der Waals surface area (Å²) in [6.07, 6.45) is 3.01. The Morgan fingerprint density at radius 1 is 1.53 bits per heavy atom. The molecular formula is C10H21NO3S. The van der Waals surface area contributed by atoms with Crippen molar-refractivity contribution in [3.05, 3.63) is 0 Å². The van der Waals surface area contributed by atoms with Crippen LogP contribution < -0.4 is 5.32 Å². The summed E-state index contributed by atoms with van der Waals surface area (Å²) in [5.74, 6) is 0.550. The lowest BCUT2D eigenvalue weighted by atomic mass is 10.1. The largest absolute Gasteiger partial charge is 0.392 e. The highest BCUT2D eigenvalue weighted by Gasteiger charge is 2.24. The molecule has 2 atom stereocenters. The van der Waals surface area contributed by atoms with Crippen LogP contribution in [-0.4, -0.2) is 43.7 Å². The molecule has 0 aromatic heterocycles. The van der Waals surface area contributed by atoms with Crippen LogP contribution in [0.3, 0.4) is 0 Å². The predicted molar refractivity (Wildman–Crippen MR) is 60.6 cm³/mol. The molecule has 0 bridgehead atoms. The van der Waals surface area contributed by atoms with Gasteiger partial charge in [0.1, 0.15) is 0 Å². The standard InChI is InChI=1S/C10H21NO3S/c1-2-4-10(12)7-11-9-5-3-6-15(13,14)8-9/h9-12H,2-8H2,1H3. The lowest BCUT2D eigenvalue weighted by molar-refractivity contribution is 0.156. The first-order valence-electron chi connectivity index (χ1n) is 5.65. The van der Waals surface area contributed by atoms with E-state index in [1.54, 1.807) is 0 Å². The molecule has 4 nitrogen and oxygen atoms in total. The van der Waals surface area contributed by atoms with E-state index in [2.05, 4.69) is 5.32 Å². The van der Waals surface area contributed by atoms with Crippen molar-refractivity contribution in [2.24, 2.45) is 0 Å². The van der Waals surface area contributed by atoms with E-state index in [1.165, 1.54) is 0 Å². The summed E-state index contributed by atoms with van der Waals surface area (Å²) < 4.78 is 22.7. The van der Waals surface area contributed by atoms with Gasteiger partial charge in [0.25, 0.3) is 0 Å². The van der Waals surface area contributed by atoms with Gasteiger partial charge in [0.15, 0.2) is 9.84 Å². The summed E-state index contributed by atoms with van der Waals surface area (Å²) in [5, 5.41) is 12.6. The van der Waals surface area contributed by atoms with Gasteiger partial charge in [-0.25, -0.2) is 8.42 Å². The summed E-state index contributed by atoms with van der Waals surface area (Å²) in [6.45, 7) is 2.53. The quantitative estimate of drug-likeness (QED) is 0.720. The number of hydrogen-bond acceptors (Lipinski definition) is 4. The van der Waals surface area contributed by atoms with Crippen LogP contribution in [-0.2, 0) is 9.84 Å². The first-order valence-corrected chi connectivity index (χ1v) is 7.47.